The number of benzene rings is 1. The van der Waals surface area contributed by atoms with E-state index in [1.165, 1.54) is 7.11 Å². The average Bonchev–Trinajstić information content (AvgIpc) is 2.16. The van der Waals surface area contributed by atoms with Crippen LogP contribution < -0.4 is 9.47 Å². The van der Waals surface area contributed by atoms with Crippen LogP contribution in [0.1, 0.15) is 12.0 Å². The predicted octanol–water partition coefficient (Wildman–Crippen LogP) is 2.78. The molecule has 0 heterocycles. The van der Waals surface area contributed by atoms with Gasteiger partial charge in [0.2, 0.25) is 0 Å². The van der Waals surface area contributed by atoms with Gasteiger partial charge in [-0.2, -0.15) is 0 Å². The molecule has 0 aliphatic heterocycles. The van der Waals surface area contributed by atoms with Gasteiger partial charge in [-0.3, -0.25) is 0 Å². The zero-order valence-electron chi connectivity index (χ0n) is 7.68. The van der Waals surface area contributed by atoms with Gasteiger partial charge in [0.25, 0.3) is 6.43 Å². The molecule has 0 bridgehead atoms. The summed E-state index contributed by atoms with van der Waals surface area (Å²) < 4.78 is 47.1. The lowest BCUT2D eigenvalue weighted by molar-refractivity contribution is 0.145. The minimum atomic E-state index is -2.80. The highest BCUT2D eigenvalue weighted by atomic mass is 19.3. The molecule has 0 atom stereocenters. The molecule has 0 saturated heterocycles. The summed E-state index contributed by atoms with van der Waals surface area (Å²) in [7, 11) is 2.41. The number of hydrogen-bond acceptors (Lipinski definition) is 2. The van der Waals surface area contributed by atoms with Crippen LogP contribution in [0.15, 0.2) is 12.1 Å². The number of rotatable bonds is 3. The van der Waals surface area contributed by atoms with E-state index in [2.05, 4.69) is 9.47 Å². The highest BCUT2D eigenvalue weighted by molar-refractivity contribution is 5.42. The molecule has 0 fully saturated rings. The smallest absolute Gasteiger partial charge is 0.267 e. The molecule has 1 aromatic rings. The molecule has 0 N–H and O–H groups in total. The highest BCUT2D eigenvalue weighted by Gasteiger charge is 2.19. The van der Waals surface area contributed by atoms with Gasteiger partial charge in [0.05, 0.1) is 19.8 Å². The monoisotopic (exact) mass is 206 g/mol. The Hall–Kier alpha value is -1.39. The maximum atomic E-state index is 13.1. The first kappa shape index (κ1) is 10.7. The fourth-order valence-electron chi connectivity index (χ4n) is 1.08. The first-order valence-electron chi connectivity index (χ1n) is 3.79. The number of hydrogen-bond donors (Lipinski definition) is 0. The Morgan fingerprint density at radius 2 is 1.79 bits per heavy atom. The van der Waals surface area contributed by atoms with Crippen LogP contribution in [0.2, 0.25) is 0 Å². The highest BCUT2D eigenvalue weighted by Crippen LogP contribution is 2.34. The van der Waals surface area contributed by atoms with Crippen LogP contribution in [-0.4, -0.2) is 14.2 Å². The van der Waals surface area contributed by atoms with E-state index in [1.807, 2.05) is 0 Å². The third kappa shape index (κ3) is 1.92. The quantitative estimate of drug-likeness (QED) is 0.757. The molecule has 78 valence electrons. The fraction of sp³-hybridized carbons (Fsp3) is 0.333. The summed E-state index contributed by atoms with van der Waals surface area (Å²) in [5.41, 5.74) is -0.510. The van der Waals surface area contributed by atoms with E-state index in [0.717, 1.165) is 19.2 Å². The second kappa shape index (κ2) is 4.21. The van der Waals surface area contributed by atoms with Gasteiger partial charge in [-0.15, -0.1) is 0 Å². The predicted molar refractivity (Wildman–Crippen MR) is 44.5 cm³/mol. The van der Waals surface area contributed by atoms with Crippen molar-refractivity contribution in [1.29, 1.82) is 0 Å². The van der Waals surface area contributed by atoms with Crippen molar-refractivity contribution in [2.24, 2.45) is 0 Å². The Labute approximate surface area is 79.2 Å². The summed E-state index contributed by atoms with van der Waals surface area (Å²) in [6, 6.07) is 2.04. The van der Waals surface area contributed by atoms with Gasteiger partial charge < -0.3 is 9.47 Å². The Kier molecular flexibility index (Phi) is 3.22. The van der Waals surface area contributed by atoms with E-state index in [9.17, 15) is 13.2 Å². The summed E-state index contributed by atoms with van der Waals surface area (Å²) in [5, 5.41) is 0. The molecule has 2 nitrogen and oxygen atoms in total. The average molecular weight is 206 g/mol. The minimum absolute atomic E-state index is 0.0404. The molecule has 14 heavy (non-hydrogen) atoms. The van der Waals surface area contributed by atoms with Gasteiger partial charge in [-0.05, 0) is 6.07 Å². The maximum absolute atomic E-state index is 13.1. The molecular formula is C9H9F3O2. The Morgan fingerprint density at radius 3 is 2.21 bits per heavy atom. The Bertz CT molecular complexity index is 326. The van der Waals surface area contributed by atoms with Crippen LogP contribution in [0, 0.1) is 5.82 Å². The largest absolute Gasteiger partial charge is 0.497 e. The van der Waals surface area contributed by atoms with Crippen molar-refractivity contribution in [3.05, 3.63) is 23.5 Å². The standard InChI is InChI=1S/C9H9F3O2/c1-13-5-3-6(9(11)12)8(14-2)7(10)4-5/h3-4,9H,1-2H3. The molecule has 0 saturated carbocycles. The minimum Gasteiger partial charge on any atom is -0.497 e. The van der Waals surface area contributed by atoms with Gasteiger partial charge in [-0.1, -0.05) is 0 Å². The fourth-order valence-corrected chi connectivity index (χ4v) is 1.08. The normalized spacial score (nSPS) is 10.4. The van der Waals surface area contributed by atoms with E-state index < -0.39 is 23.6 Å². The first-order valence-corrected chi connectivity index (χ1v) is 3.79. The number of alkyl halides is 2. The summed E-state index contributed by atoms with van der Waals surface area (Å²) in [6.45, 7) is 0. The molecule has 0 radical (unpaired) electrons. The van der Waals surface area contributed by atoms with Gasteiger partial charge in [0.1, 0.15) is 5.75 Å². The van der Waals surface area contributed by atoms with E-state index in [4.69, 9.17) is 0 Å². The summed E-state index contributed by atoms with van der Waals surface area (Å²) in [5.74, 6) is -1.26. The van der Waals surface area contributed by atoms with Crippen molar-refractivity contribution < 1.29 is 22.6 Å². The maximum Gasteiger partial charge on any atom is 0.267 e. The number of halogens is 3. The van der Waals surface area contributed by atoms with E-state index in [0.29, 0.717) is 0 Å². The van der Waals surface area contributed by atoms with Gasteiger partial charge in [0, 0.05) is 6.07 Å². The lowest BCUT2D eigenvalue weighted by Crippen LogP contribution is -1.97. The zero-order chi connectivity index (χ0) is 10.7. The lowest BCUT2D eigenvalue weighted by atomic mass is 10.2. The molecule has 0 aliphatic carbocycles. The molecule has 0 spiro atoms. The molecule has 0 amide bonds. The number of ether oxygens (including phenoxy) is 2. The molecule has 0 aromatic heterocycles. The summed E-state index contributed by atoms with van der Waals surface area (Å²) >= 11 is 0. The van der Waals surface area contributed by atoms with Crippen molar-refractivity contribution >= 4 is 0 Å². The SMILES string of the molecule is COc1cc(F)c(OC)c(C(F)F)c1. The van der Waals surface area contributed by atoms with Crippen LogP contribution in [0.5, 0.6) is 11.5 Å². The van der Waals surface area contributed by atoms with Gasteiger partial charge in [0.15, 0.2) is 11.6 Å². The third-order valence-electron chi connectivity index (χ3n) is 1.72. The summed E-state index contributed by atoms with van der Waals surface area (Å²) in [6.07, 6.45) is -2.80. The third-order valence-corrected chi connectivity index (χ3v) is 1.72. The number of methoxy groups -OCH3 is 2. The first-order chi connectivity index (χ1) is 6.60. The van der Waals surface area contributed by atoms with E-state index >= 15 is 0 Å². The topological polar surface area (TPSA) is 18.5 Å². The molecular weight excluding hydrogens is 197 g/mol. The van der Waals surface area contributed by atoms with Crippen molar-refractivity contribution in [3.8, 4) is 11.5 Å². The molecule has 0 aliphatic rings. The lowest BCUT2D eigenvalue weighted by Gasteiger charge is -2.10. The second-order valence-electron chi connectivity index (χ2n) is 2.53. The van der Waals surface area contributed by atoms with Gasteiger partial charge in [-0.25, -0.2) is 13.2 Å². The van der Waals surface area contributed by atoms with Crippen molar-refractivity contribution in [2.45, 2.75) is 6.43 Å². The Morgan fingerprint density at radius 1 is 1.14 bits per heavy atom. The van der Waals surface area contributed by atoms with E-state index in [1.54, 1.807) is 0 Å². The molecule has 1 rings (SSSR count). The van der Waals surface area contributed by atoms with Crippen LogP contribution in [0.4, 0.5) is 13.2 Å². The van der Waals surface area contributed by atoms with Crippen LogP contribution in [0.25, 0.3) is 0 Å². The summed E-state index contributed by atoms with van der Waals surface area (Å²) in [4.78, 5) is 0. The molecule has 5 heteroatoms. The van der Waals surface area contributed by atoms with Crippen molar-refractivity contribution in [3.63, 3.8) is 0 Å². The van der Waals surface area contributed by atoms with E-state index in [-0.39, 0.29) is 5.75 Å². The molecule has 1 aromatic carbocycles. The molecule has 0 unspecified atom stereocenters. The van der Waals surface area contributed by atoms with Gasteiger partial charge >= 0.3 is 0 Å². The van der Waals surface area contributed by atoms with Crippen molar-refractivity contribution in [1.82, 2.24) is 0 Å². The van der Waals surface area contributed by atoms with Crippen LogP contribution in [0.3, 0.4) is 0 Å². The second-order valence-corrected chi connectivity index (χ2v) is 2.53. The Balaban J connectivity index is 3.28. The zero-order valence-corrected chi connectivity index (χ0v) is 7.68. The van der Waals surface area contributed by atoms with Crippen LogP contribution in [-0.2, 0) is 0 Å². The van der Waals surface area contributed by atoms with Crippen molar-refractivity contribution in [2.75, 3.05) is 14.2 Å². The van der Waals surface area contributed by atoms with Crippen LogP contribution >= 0.6 is 0 Å².